The lowest BCUT2D eigenvalue weighted by atomic mass is 10.0. The Morgan fingerprint density at radius 1 is 1.22 bits per heavy atom. The predicted molar refractivity (Wildman–Crippen MR) is 108 cm³/mol. The van der Waals surface area contributed by atoms with Crippen LogP contribution in [0.1, 0.15) is 44.9 Å². The number of aromatic nitrogens is 2. The highest BCUT2D eigenvalue weighted by Crippen LogP contribution is 2.22. The fraction of sp³-hybridized carbons (Fsp3) is 0.571. The Labute approximate surface area is 163 Å². The first-order chi connectivity index (χ1) is 12.8. The molecule has 1 saturated heterocycles. The highest BCUT2D eigenvalue weighted by atomic mass is 32.2. The van der Waals surface area contributed by atoms with Gasteiger partial charge in [-0.3, -0.25) is 4.90 Å². The Morgan fingerprint density at radius 2 is 1.96 bits per heavy atom. The van der Waals surface area contributed by atoms with E-state index in [9.17, 15) is 8.42 Å². The van der Waals surface area contributed by atoms with E-state index in [1.807, 2.05) is 34.9 Å². The van der Waals surface area contributed by atoms with Gasteiger partial charge in [0, 0.05) is 19.6 Å². The smallest absolute Gasteiger partial charge is 0.228 e. The van der Waals surface area contributed by atoms with Gasteiger partial charge in [-0.2, -0.15) is 0 Å². The number of nitrogens with zero attached hydrogens (tertiary/aromatic N) is 3. The molecule has 0 N–H and O–H groups in total. The van der Waals surface area contributed by atoms with Crippen LogP contribution in [-0.2, 0) is 28.7 Å². The van der Waals surface area contributed by atoms with Crippen molar-refractivity contribution in [2.45, 2.75) is 57.6 Å². The predicted octanol–water partition coefficient (Wildman–Crippen LogP) is 3.74. The maximum atomic E-state index is 13.1. The van der Waals surface area contributed by atoms with Gasteiger partial charge in [0.2, 0.25) is 15.0 Å². The molecule has 27 heavy (non-hydrogen) atoms. The van der Waals surface area contributed by atoms with Gasteiger partial charge in [0.15, 0.2) is 0 Å². The summed E-state index contributed by atoms with van der Waals surface area (Å²) < 4.78 is 28.1. The van der Waals surface area contributed by atoms with E-state index in [0.29, 0.717) is 18.4 Å². The molecular weight excluding hydrogens is 358 g/mol. The molecule has 0 bridgehead atoms. The number of likely N-dealkylation sites (tertiary alicyclic amines) is 1. The lowest BCUT2D eigenvalue weighted by molar-refractivity contribution is 0.172. The number of hydrogen-bond acceptors (Lipinski definition) is 4. The van der Waals surface area contributed by atoms with Crippen molar-refractivity contribution in [3.8, 4) is 0 Å². The zero-order valence-corrected chi connectivity index (χ0v) is 17.5. The monoisotopic (exact) mass is 389 g/mol. The molecule has 6 heteroatoms. The van der Waals surface area contributed by atoms with E-state index in [0.717, 1.165) is 30.9 Å². The van der Waals surface area contributed by atoms with Crippen LogP contribution in [0.25, 0.3) is 0 Å². The van der Waals surface area contributed by atoms with Crippen molar-refractivity contribution in [3.05, 3.63) is 47.8 Å². The molecule has 1 aromatic carbocycles. The van der Waals surface area contributed by atoms with Gasteiger partial charge < -0.3 is 4.57 Å². The Morgan fingerprint density at radius 3 is 2.63 bits per heavy atom. The SMILES string of the molecule is CC(C)Cn1c(CN2CCC[C@H](C)C2)cnc1S(=O)(=O)Cc1ccccc1. The third-order valence-corrected chi connectivity index (χ3v) is 6.65. The summed E-state index contributed by atoms with van der Waals surface area (Å²) in [6, 6.07) is 9.34. The van der Waals surface area contributed by atoms with E-state index < -0.39 is 9.84 Å². The Bertz CT molecular complexity index is 844. The number of sulfone groups is 1. The molecule has 0 radical (unpaired) electrons. The molecule has 1 aromatic heterocycles. The number of hydrogen-bond donors (Lipinski definition) is 0. The largest absolute Gasteiger partial charge is 0.317 e. The van der Waals surface area contributed by atoms with Gasteiger partial charge in [-0.15, -0.1) is 0 Å². The summed E-state index contributed by atoms with van der Waals surface area (Å²) in [5.74, 6) is 1.04. The molecule has 3 rings (SSSR count). The quantitative estimate of drug-likeness (QED) is 0.724. The topological polar surface area (TPSA) is 55.2 Å². The van der Waals surface area contributed by atoms with Gasteiger partial charge in [-0.05, 0) is 36.8 Å². The summed E-state index contributed by atoms with van der Waals surface area (Å²) in [5, 5.41) is 0.208. The van der Waals surface area contributed by atoms with Gasteiger partial charge in [-0.25, -0.2) is 13.4 Å². The second-order valence-corrected chi connectivity index (χ2v) is 10.1. The van der Waals surface area contributed by atoms with Crippen LogP contribution in [0.5, 0.6) is 0 Å². The first-order valence-electron chi connectivity index (χ1n) is 9.88. The fourth-order valence-electron chi connectivity index (χ4n) is 3.84. The van der Waals surface area contributed by atoms with Crippen molar-refractivity contribution in [3.63, 3.8) is 0 Å². The minimum Gasteiger partial charge on any atom is -0.317 e. The minimum absolute atomic E-state index is 0.0108. The number of benzene rings is 1. The molecule has 0 aliphatic carbocycles. The average Bonchev–Trinajstić information content (AvgIpc) is 2.98. The van der Waals surface area contributed by atoms with Crippen LogP contribution in [0.4, 0.5) is 0 Å². The first kappa shape index (κ1) is 20.1. The van der Waals surface area contributed by atoms with Crippen LogP contribution in [0.15, 0.2) is 41.7 Å². The van der Waals surface area contributed by atoms with Gasteiger partial charge in [0.1, 0.15) is 0 Å². The summed E-state index contributed by atoms with van der Waals surface area (Å²) in [4.78, 5) is 6.80. The lowest BCUT2D eigenvalue weighted by Crippen LogP contribution is -2.34. The van der Waals surface area contributed by atoms with Crippen molar-refractivity contribution >= 4 is 9.84 Å². The Hall–Kier alpha value is -1.66. The van der Waals surface area contributed by atoms with Gasteiger partial charge in [-0.1, -0.05) is 51.1 Å². The van der Waals surface area contributed by atoms with Crippen LogP contribution in [0, 0.1) is 11.8 Å². The number of imidazole rings is 1. The molecule has 2 aromatic rings. The van der Waals surface area contributed by atoms with E-state index >= 15 is 0 Å². The standard InChI is InChI=1S/C21H31N3O2S/c1-17(2)13-24-20(15-23-11-7-8-18(3)14-23)12-22-21(24)27(25,26)16-19-9-5-4-6-10-19/h4-6,9-10,12,17-18H,7-8,11,13-16H2,1-3H3/t18-/m0/s1. The Kier molecular flexibility index (Phi) is 6.37. The minimum atomic E-state index is -3.49. The van der Waals surface area contributed by atoms with Crippen molar-refractivity contribution in [2.75, 3.05) is 13.1 Å². The third-order valence-electron chi connectivity index (χ3n) is 5.05. The van der Waals surface area contributed by atoms with Crippen molar-refractivity contribution in [2.24, 2.45) is 11.8 Å². The van der Waals surface area contributed by atoms with Crippen LogP contribution in [0.2, 0.25) is 0 Å². The van der Waals surface area contributed by atoms with Crippen LogP contribution < -0.4 is 0 Å². The van der Waals surface area contributed by atoms with E-state index in [-0.39, 0.29) is 10.9 Å². The van der Waals surface area contributed by atoms with Gasteiger partial charge in [0.05, 0.1) is 17.6 Å². The third kappa shape index (κ3) is 5.20. The Balaban J connectivity index is 1.87. The van der Waals surface area contributed by atoms with Gasteiger partial charge in [0.25, 0.3) is 0 Å². The molecular formula is C21H31N3O2S. The lowest BCUT2D eigenvalue weighted by Gasteiger charge is -2.31. The second kappa shape index (κ2) is 8.57. The van der Waals surface area contributed by atoms with E-state index in [2.05, 4.69) is 30.7 Å². The summed E-state index contributed by atoms with van der Waals surface area (Å²) in [6.45, 7) is 10.1. The molecule has 148 valence electrons. The molecule has 1 fully saturated rings. The highest BCUT2D eigenvalue weighted by Gasteiger charge is 2.26. The van der Waals surface area contributed by atoms with Gasteiger partial charge >= 0.3 is 0 Å². The van der Waals surface area contributed by atoms with E-state index in [1.165, 1.54) is 12.8 Å². The van der Waals surface area contributed by atoms with Crippen molar-refractivity contribution < 1.29 is 8.42 Å². The molecule has 2 heterocycles. The molecule has 0 saturated carbocycles. The molecule has 1 aliphatic rings. The van der Waals surface area contributed by atoms with E-state index in [1.54, 1.807) is 6.20 Å². The van der Waals surface area contributed by atoms with Crippen molar-refractivity contribution in [1.82, 2.24) is 14.5 Å². The zero-order valence-electron chi connectivity index (χ0n) is 16.6. The highest BCUT2D eigenvalue weighted by molar-refractivity contribution is 7.90. The maximum absolute atomic E-state index is 13.1. The van der Waals surface area contributed by atoms with Crippen LogP contribution >= 0.6 is 0 Å². The molecule has 0 spiro atoms. The second-order valence-electron chi connectivity index (χ2n) is 8.26. The normalized spacial score (nSPS) is 18.9. The molecule has 0 unspecified atom stereocenters. The summed E-state index contributed by atoms with van der Waals surface area (Å²) in [6.07, 6.45) is 4.25. The molecule has 1 atom stereocenters. The number of rotatable bonds is 7. The summed E-state index contributed by atoms with van der Waals surface area (Å²) in [5.41, 5.74) is 1.80. The van der Waals surface area contributed by atoms with Crippen LogP contribution in [0.3, 0.4) is 0 Å². The first-order valence-corrected chi connectivity index (χ1v) is 11.5. The molecule has 5 nitrogen and oxygen atoms in total. The van der Waals surface area contributed by atoms with Crippen LogP contribution in [-0.4, -0.2) is 36.0 Å². The molecule has 0 amide bonds. The van der Waals surface area contributed by atoms with Crippen molar-refractivity contribution in [1.29, 1.82) is 0 Å². The summed E-state index contributed by atoms with van der Waals surface area (Å²) >= 11 is 0. The summed E-state index contributed by atoms with van der Waals surface area (Å²) in [7, 11) is -3.49. The average molecular weight is 390 g/mol. The number of piperidine rings is 1. The zero-order chi connectivity index (χ0) is 19.4. The van der Waals surface area contributed by atoms with E-state index in [4.69, 9.17) is 0 Å². The molecule has 1 aliphatic heterocycles. The maximum Gasteiger partial charge on any atom is 0.228 e. The fourth-order valence-corrected chi connectivity index (χ4v) is 5.35.